The number of hydrogen-bond donors (Lipinski definition) is 0. The van der Waals surface area contributed by atoms with Crippen molar-refractivity contribution in [3.63, 3.8) is 0 Å². The minimum atomic E-state index is 0. The van der Waals surface area contributed by atoms with Gasteiger partial charge in [0, 0.05) is 17.1 Å². The summed E-state index contributed by atoms with van der Waals surface area (Å²) in [6, 6.07) is 0. The molecule has 0 rings (SSSR count). The van der Waals surface area contributed by atoms with Crippen molar-refractivity contribution < 1.29 is 44.9 Å². The van der Waals surface area contributed by atoms with Crippen LogP contribution in [0.2, 0.25) is 0 Å². The van der Waals surface area contributed by atoms with E-state index in [-0.39, 0.29) is 21.8 Å². The van der Waals surface area contributed by atoms with Gasteiger partial charge in [0.1, 0.15) is 0 Å². The topological polar surface area (TPSA) is 17.1 Å². The average molecular weight is 195 g/mol. The molecular weight excluding hydrogens is 194 g/mol. The molecule has 0 N–H and O–H groups in total. The molecule has 4 heteroatoms. The van der Waals surface area contributed by atoms with Crippen molar-refractivity contribution in [3.05, 3.63) is 0 Å². The zero-order valence-electron chi connectivity index (χ0n) is 1.53. The molecule has 0 heterocycles. The van der Waals surface area contributed by atoms with E-state index < -0.39 is 0 Å². The van der Waals surface area contributed by atoms with Crippen LogP contribution in [0.1, 0.15) is 0 Å². The van der Waals surface area contributed by atoms with Crippen LogP contribution in [-0.2, 0) is 40.2 Å². The summed E-state index contributed by atoms with van der Waals surface area (Å²) in [7, 11) is 0. The van der Waals surface area contributed by atoms with E-state index in [0.29, 0.717) is 19.8 Å². The van der Waals surface area contributed by atoms with Gasteiger partial charge in [-0.3, -0.25) is 4.70 Å². The third kappa shape index (κ3) is 12.5. The standard InChI is InChI=1S/Cu.FH.Mo.O/h;1H;;. The maximum atomic E-state index is 8.26. The average Bonchev–Trinajstić information content (AvgIpc) is 1.00. The van der Waals surface area contributed by atoms with E-state index in [9.17, 15) is 0 Å². The van der Waals surface area contributed by atoms with Gasteiger partial charge in [0.15, 0.2) is 0 Å². The second-order valence-corrected chi connectivity index (χ2v) is 0. The third-order valence-corrected chi connectivity index (χ3v) is 0. The van der Waals surface area contributed by atoms with Crippen LogP contribution in [0.5, 0.6) is 0 Å². The second kappa shape index (κ2) is 38.6. The first-order valence-electron chi connectivity index (χ1n) is 0.167. The summed E-state index contributed by atoms with van der Waals surface area (Å²) in [5.41, 5.74) is 0. The zero-order chi connectivity index (χ0) is 2.00. The summed E-state index contributed by atoms with van der Waals surface area (Å²) >= 11 is 0.700. The first-order chi connectivity index (χ1) is 1.00. The summed E-state index contributed by atoms with van der Waals surface area (Å²) < 4.78 is 8.26. The second-order valence-electron chi connectivity index (χ2n) is 0. The Bertz CT molecular complexity index is 8.00. The molecule has 0 aromatic heterocycles. The van der Waals surface area contributed by atoms with Gasteiger partial charge in [-0.15, -0.1) is 0 Å². The monoisotopic (exact) mass is 197 g/mol. The van der Waals surface area contributed by atoms with Gasteiger partial charge in [0.2, 0.25) is 0 Å². The molecule has 1 radical (unpaired) electrons. The Morgan fingerprint density at radius 2 is 1.25 bits per heavy atom. The van der Waals surface area contributed by atoms with Gasteiger partial charge in [0.05, 0.1) is 0 Å². The molecule has 4 heavy (non-hydrogen) atoms. The fraction of sp³-hybridized carbons (Fsp3) is 0. The van der Waals surface area contributed by atoms with Crippen LogP contribution in [0.15, 0.2) is 0 Å². The Morgan fingerprint density at radius 1 is 1.25 bits per heavy atom. The SMILES string of the molecule is F.[Cu].[O]=[Mo]. The first kappa shape index (κ1) is 20.4. The molecule has 31 valence electrons. The summed E-state index contributed by atoms with van der Waals surface area (Å²) in [6.07, 6.45) is 0. The number of halogens is 1. The van der Waals surface area contributed by atoms with Crippen molar-refractivity contribution in [2.75, 3.05) is 0 Å². The van der Waals surface area contributed by atoms with E-state index >= 15 is 0 Å². The van der Waals surface area contributed by atoms with E-state index in [0.717, 1.165) is 0 Å². The molecule has 0 aliphatic rings. The zero-order valence-corrected chi connectivity index (χ0v) is 4.47. The van der Waals surface area contributed by atoms with Crippen LogP contribution in [0.4, 0.5) is 4.70 Å². The summed E-state index contributed by atoms with van der Waals surface area (Å²) in [6.45, 7) is 0. The van der Waals surface area contributed by atoms with Gasteiger partial charge >= 0.3 is 23.2 Å². The van der Waals surface area contributed by atoms with Crippen LogP contribution < -0.4 is 0 Å². The molecule has 0 unspecified atom stereocenters. The quantitative estimate of drug-likeness (QED) is 0.499. The molecule has 0 bridgehead atoms. The molecule has 0 saturated heterocycles. The molecular formula is HCuFMoO. The molecule has 0 spiro atoms. The normalized spacial score (nSPS) is 1.00. The maximum absolute atomic E-state index is 8.26. The van der Waals surface area contributed by atoms with Crippen molar-refractivity contribution in [1.29, 1.82) is 0 Å². The summed E-state index contributed by atoms with van der Waals surface area (Å²) in [4.78, 5) is 0. The van der Waals surface area contributed by atoms with Crippen LogP contribution in [0.25, 0.3) is 0 Å². The Hall–Kier alpha value is 0.938. The van der Waals surface area contributed by atoms with E-state index in [4.69, 9.17) is 3.40 Å². The van der Waals surface area contributed by atoms with Crippen molar-refractivity contribution in [1.82, 2.24) is 0 Å². The molecule has 1 nitrogen and oxygen atoms in total. The van der Waals surface area contributed by atoms with Crippen LogP contribution in [0.3, 0.4) is 0 Å². The van der Waals surface area contributed by atoms with E-state index in [1.807, 2.05) is 0 Å². The van der Waals surface area contributed by atoms with Crippen molar-refractivity contribution in [3.8, 4) is 0 Å². The molecule has 0 amide bonds. The predicted molar refractivity (Wildman–Crippen MR) is 3.19 cm³/mol. The van der Waals surface area contributed by atoms with Crippen LogP contribution in [-0.4, -0.2) is 0 Å². The van der Waals surface area contributed by atoms with E-state index in [2.05, 4.69) is 0 Å². The van der Waals surface area contributed by atoms with Gasteiger partial charge in [-0.25, -0.2) is 0 Å². The summed E-state index contributed by atoms with van der Waals surface area (Å²) in [5.74, 6) is 0. The first-order valence-corrected chi connectivity index (χ1v) is 0.986. The molecule has 0 saturated carbocycles. The van der Waals surface area contributed by atoms with E-state index in [1.54, 1.807) is 0 Å². The predicted octanol–water partition coefficient (Wildman–Crippen LogP) is 0.0287. The van der Waals surface area contributed by atoms with Gasteiger partial charge in [-0.05, 0) is 0 Å². The van der Waals surface area contributed by atoms with E-state index in [1.165, 1.54) is 0 Å². The van der Waals surface area contributed by atoms with Crippen LogP contribution >= 0.6 is 0 Å². The van der Waals surface area contributed by atoms with Gasteiger partial charge in [-0.1, -0.05) is 0 Å². The fourth-order valence-electron chi connectivity index (χ4n) is 0. The Balaban J connectivity index is -0.00000000500. The fourth-order valence-corrected chi connectivity index (χ4v) is 0. The van der Waals surface area contributed by atoms with Crippen molar-refractivity contribution in [2.24, 2.45) is 0 Å². The van der Waals surface area contributed by atoms with Crippen molar-refractivity contribution in [2.45, 2.75) is 0 Å². The molecule has 0 aromatic carbocycles. The molecule has 0 aliphatic heterocycles. The third-order valence-electron chi connectivity index (χ3n) is 0. The van der Waals surface area contributed by atoms with Gasteiger partial charge in [0.25, 0.3) is 0 Å². The minimum absolute atomic E-state index is 0. The Labute approximate surface area is 45.2 Å². The van der Waals surface area contributed by atoms with Gasteiger partial charge < -0.3 is 0 Å². The van der Waals surface area contributed by atoms with Crippen LogP contribution in [0, 0.1) is 0 Å². The number of hydrogen-bond acceptors (Lipinski definition) is 1. The molecule has 0 aromatic rings. The Morgan fingerprint density at radius 3 is 1.25 bits per heavy atom. The molecule has 0 aliphatic carbocycles. The molecule has 0 fully saturated rings. The van der Waals surface area contributed by atoms with Crippen molar-refractivity contribution >= 4 is 0 Å². The van der Waals surface area contributed by atoms with Gasteiger partial charge in [-0.2, -0.15) is 0 Å². The summed E-state index contributed by atoms with van der Waals surface area (Å²) in [5, 5.41) is 0. The number of rotatable bonds is 0. The Kier molecular flexibility index (Phi) is 197. The molecule has 0 atom stereocenters.